The van der Waals surface area contributed by atoms with Gasteiger partial charge in [0.15, 0.2) is 0 Å². The maximum absolute atomic E-state index is 12.5. The highest BCUT2D eigenvalue weighted by Gasteiger charge is 2.24. The van der Waals surface area contributed by atoms with E-state index in [1.165, 1.54) is 21.1 Å². The van der Waals surface area contributed by atoms with Gasteiger partial charge < -0.3 is 0 Å². The summed E-state index contributed by atoms with van der Waals surface area (Å²) in [5, 5.41) is 2.03. The van der Waals surface area contributed by atoms with Gasteiger partial charge in [0.05, 0.1) is 16.3 Å². The van der Waals surface area contributed by atoms with E-state index in [9.17, 15) is 8.42 Å². The number of nitrogens with zero attached hydrogens (tertiary/aromatic N) is 2. The molecule has 0 aliphatic heterocycles. The minimum absolute atomic E-state index is 0.326. The molecule has 0 aliphatic carbocycles. The molecule has 0 saturated heterocycles. The quantitative estimate of drug-likeness (QED) is 0.684. The highest BCUT2D eigenvalue weighted by Crippen LogP contribution is 2.30. The Labute approximate surface area is 146 Å². The van der Waals surface area contributed by atoms with Crippen LogP contribution < -0.4 is 0 Å². The van der Waals surface area contributed by atoms with Crippen LogP contribution in [0.5, 0.6) is 0 Å². The average Bonchev–Trinajstić information content (AvgIpc) is 3.04. The molecular formula is C18H18N2O2S2. The predicted octanol–water partition coefficient (Wildman–Crippen LogP) is 4.29. The molecule has 6 heteroatoms. The van der Waals surface area contributed by atoms with Gasteiger partial charge in [0, 0.05) is 12.5 Å². The molecule has 0 N–H and O–H groups in total. The van der Waals surface area contributed by atoms with E-state index >= 15 is 0 Å². The highest BCUT2D eigenvalue weighted by atomic mass is 32.2. The number of fused-ring (bicyclic) bond motifs is 1. The average molecular weight is 358 g/mol. The fourth-order valence-electron chi connectivity index (χ4n) is 2.27. The third-order valence-corrected chi connectivity index (χ3v) is 6.65. The van der Waals surface area contributed by atoms with E-state index in [1.54, 1.807) is 13.1 Å². The lowest BCUT2D eigenvalue weighted by Gasteiger charge is -2.20. The fourth-order valence-corrected chi connectivity index (χ4v) is 4.46. The van der Waals surface area contributed by atoms with Gasteiger partial charge in [-0.15, -0.1) is 11.3 Å². The van der Waals surface area contributed by atoms with Crippen LogP contribution >= 0.6 is 11.3 Å². The Hall–Kier alpha value is -2.02. The predicted molar refractivity (Wildman–Crippen MR) is 100 cm³/mol. The molecule has 1 atom stereocenters. The monoisotopic (exact) mass is 358 g/mol. The molecule has 24 heavy (non-hydrogen) atoms. The second kappa shape index (κ2) is 6.84. The third kappa shape index (κ3) is 3.56. The molecular weight excluding hydrogens is 340 g/mol. The van der Waals surface area contributed by atoms with Crippen LogP contribution in [0.3, 0.4) is 0 Å². The maximum atomic E-state index is 12.5. The molecule has 0 aliphatic rings. The van der Waals surface area contributed by atoms with Crippen LogP contribution in [0.1, 0.15) is 23.5 Å². The van der Waals surface area contributed by atoms with Crippen LogP contribution in [0.4, 0.5) is 0 Å². The number of hydrogen-bond acceptors (Lipinski definition) is 4. The summed E-state index contributed by atoms with van der Waals surface area (Å²) in [5.74, 6) is 0. The number of aromatic nitrogens is 1. The van der Waals surface area contributed by atoms with E-state index in [1.807, 2.05) is 61.5 Å². The lowest BCUT2D eigenvalue weighted by molar-refractivity contribution is 0.403. The van der Waals surface area contributed by atoms with Crippen molar-refractivity contribution in [2.75, 3.05) is 7.05 Å². The summed E-state index contributed by atoms with van der Waals surface area (Å²) in [6.07, 6.45) is 1.61. The molecule has 1 aromatic heterocycles. The van der Waals surface area contributed by atoms with Crippen molar-refractivity contribution in [2.24, 2.45) is 0 Å². The van der Waals surface area contributed by atoms with Gasteiger partial charge in [-0.25, -0.2) is 13.4 Å². The van der Waals surface area contributed by atoms with Crippen LogP contribution in [0.2, 0.25) is 0 Å². The van der Waals surface area contributed by atoms with Crippen LogP contribution in [0.25, 0.3) is 16.3 Å². The lowest BCUT2D eigenvalue weighted by atomic mass is 10.2. The Morgan fingerprint density at radius 1 is 1.08 bits per heavy atom. The van der Waals surface area contributed by atoms with E-state index in [0.717, 1.165) is 20.8 Å². The van der Waals surface area contributed by atoms with Gasteiger partial charge in [-0.2, -0.15) is 4.31 Å². The van der Waals surface area contributed by atoms with Crippen molar-refractivity contribution in [1.82, 2.24) is 9.29 Å². The molecule has 0 saturated carbocycles. The van der Waals surface area contributed by atoms with Gasteiger partial charge >= 0.3 is 0 Å². The van der Waals surface area contributed by atoms with Crippen LogP contribution in [0, 0.1) is 0 Å². The zero-order chi connectivity index (χ0) is 17.2. The van der Waals surface area contributed by atoms with Crippen LogP contribution in [0.15, 0.2) is 60.0 Å². The molecule has 0 amide bonds. The van der Waals surface area contributed by atoms with Crippen molar-refractivity contribution in [3.05, 3.63) is 70.6 Å². The molecule has 4 nitrogen and oxygen atoms in total. The first-order valence-corrected chi connectivity index (χ1v) is 9.86. The lowest BCUT2D eigenvalue weighted by Crippen LogP contribution is -2.27. The van der Waals surface area contributed by atoms with Gasteiger partial charge in [-0.3, -0.25) is 0 Å². The first-order valence-electron chi connectivity index (χ1n) is 7.54. The molecule has 3 aromatic rings. The largest absolute Gasteiger partial charge is 0.239 e. The molecule has 0 radical (unpaired) electrons. The van der Waals surface area contributed by atoms with Gasteiger partial charge in [0.25, 0.3) is 0 Å². The summed E-state index contributed by atoms with van der Waals surface area (Å²) >= 11 is 1.52. The van der Waals surface area contributed by atoms with E-state index in [4.69, 9.17) is 0 Å². The van der Waals surface area contributed by atoms with Crippen molar-refractivity contribution in [3.63, 3.8) is 0 Å². The Bertz CT molecular complexity index is 930. The molecule has 3 rings (SSSR count). The SMILES string of the molecule is C[C@H](c1nc2ccccc2s1)N(C)S(=O)(=O)/C=C\c1ccccc1. The zero-order valence-electron chi connectivity index (χ0n) is 13.5. The smallest absolute Gasteiger partial charge is 0.236 e. The maximum Gasteiger partial charge on any atom is 0.236 e. The van der Waals surface area contributed by atoms with E-state index in [0.29, 0.717) is 0 Å². The minimum Gasteiger partial charge on any atom is -0.239 e. The third-order valence-electron chi connectivity index (χ3n) is 3.85. The van der Waals surface area contributed by atoms with E-state index in [-0.39, 0.29) is 6.04 Å². The molecule has 0 fully saturated rings. The van der Waals surface area contributed by atoms with Gasteiger partial charge in [0.2, 0.25) is 10.0 Å². The summed E-state index contributed by atoms with van der Waals surface area (Å²) in [4.78, 5) is 4.55. The number of thiazole rings is 1. The normalized spacial score (nSPS) is 13.8. The van der Waals surface area contributed by atoms with E-state index in [2.05, 4.69) is 4.98 Å². The van der Waals surface area contributed by atoms with Crippen LogP contribution in [-0.2, 0) is 10.0 Å². The van der Waals surface area contributed by atoms with Gasteiger partial charge in [-0.05, 0) is 30.7 Å². The second-order valence-corrected chi connectivity index (χ2v) is 8.41. The number of para-hydroxylation sites is 1. The topological polar surface area (TPSA) is 50.3 Å². The molecule has 0 spiro atoms. The zero-order valence-corrected chi connectivity index (χ0v) is 15.1. The molecule has 1 heterocycles. The molecule has 2 aromatic carbocycles. The molecule has 0 unspecified atom stereocenters. The van der Waals surface area contributed by atoms with Crippen LogP contribution in [-0.4, -0.2) is 24.8 Å². The summed E-state index contributed by atoms with van der Waals surface area (Å²) in [5.41, 5.74) is 1.75. The summed E-state index contributed by atoms with van der Waals surface area (Å²) < 4.78 is 27.5. The summed E-state index contributed by atoms with van der Waals surface area (Å²) in [7, 11) is -1.94. The molecule has 124 valence electrons. The highest BCUT2D eigenvalue weighted by molar-refractivity contribution is 7.92. The first kappa shape index (κ1) is 16.8. The molecule has 0 bridgehead atoms. The number of hydrogen-bond donors (Lipinski definition) is 0. The van der Waals surface area contributed by atoms with E-state index < -0.39 is 10.0 Å². The Balaban J connectivity index is 1.83. The van der Waals surface area contributed by atoms with Crippen molar-refractivity contribution in [1.29, 1.82) is 0 Å². The first-order chi connectivity index (χ1) is 11.5. The fraction of sp³-hybridized carbons (Fsp3) is 0.167. The standard InChI is InChI=1S/C18H18N2O2S2/c1-14(18-19-16-10-6-7-11-17(16)23-18)20(2)24(21,22)13-12-15-8-4-3-5-9-15/h3-14H,1-2H3/b13-12-/t14-/m1/s1. The van der Waals surface area contributed by atoms with Gasteiger partial charge in [-0.1, -0.05) is 42.5 Å². The number of rotatable bonds is 5. The van der Waals surface area contributed by atoms with Crippen molar-refractivity contribution in [2.45, 2.75) is 13.0 Å². The Morgan fingerprint density at radius 3 is 2.46 bits per heavy atom. The minimum atomic E-state index is -3.52. The van der Waals surface area contributed by atoms with Gasteiger partial charge in [0.1, 0.15) is 5.01 Å². The number of benzene rings is 2. The second-order valence-electron chi connectivity index (χ2n) is 5.47. The Morgan fingerprint density at radius 2 is 1.75 bits per heavy atom. The Kier molecular flexibility index (Phi) is 4.80. The van der Waals surface area contributed by atoms with Crippen molar-refractivity contribution in [3.8, 4) is 0 Å². The van der Waals surface area contributed by atoms with Crippen molar-refractivity contribution >= 4 is 37.7 Å². The van der Waals surface area contributed by atoms with Crippen molar-refractivity contribution < 1.29 is 8.42 Å². The summed E-state index contributed by atoms with van der Waals surface area (Å²) in [6.45, 7) is 1.85. The number of sulfonamides is 1. The summed E-state index contributed by atoms with van der Waals surface area (Å²) in [6, 6.07) is 16.9.